The lowest BCUT2D eigenvalue weighted by Crippen LogP contribution is -2.41. The van der Waals surface area contributed by atoms with Gasteiger partial charge in [0.25, 0.3) is 0 Å². The van der Waals surface area contributed by atoms with Crippen molar-refractivity contribution in [3.05, 3.63) is 42.5 Å². The van der Waals surface area contributed by atoms with Gasteiger partial charge >= 0.3 is 0 Å². The molecule has 8 nitrogen and oxygen atoms in total. The molecule has 0 spiro atoms. The van der Waals surface area contributed by atoms with Gasteiger partial charge in [-0.3, -0.25) is 4.79 Å². The third kappa shape index (κ3) is 5.11. The lowest BCUT2D eigenvalue weighted by atomic mass is 10.2. The number of hydrogen-bond donors (Lipinski definition) is 2. The zero-order chi connectivity index (χ0) is 20.0. The summed E-state index contributed by atoms with van der Waals surface area (Å²) >= 11 is 0. The average Bonchev–Trinajstić information content (AvgIpc) is 2.67. The van der Waals surface area contributed by atoms with Crippen LogP contribution in [-0.2, 0) is 14.8 Å². The van der Waals surface area contributed by atoms with Crippen molar-refractivity contribution < 1.29 is 27.4 Å². The number of sulfonamides is 1. The molecule has 9 heteroatoms. The van der Waals surface area contributed by atoms with Crippen LogP contribution >= 0.6 is 0 Å². The molecule has 0 aliphatic rings. The third-order valence-electron chi connectivity index (χ3n) is 3.76. The summed E-state index contributed by atoms with van der Waals surface area (Å²) in [4.78, 5) is 12.4. The Morgan fingerprint density at radius 2 is 1.52 bits per heavy atom. The lowest BCUT2D eigenvalue weighted by Gasteiger charge is -2.16. The summed E-state index contributed by atoms with van der Waals surface area (Å²) < 4.78 is 42.5. The molecule has 2 rings (SSSR count). The van der Waals surface area contributed by atoms with Crippen LogP contribution in [-0.4, -0.2) is 41.7 Å². The summed E-state index contributed by atoms with van der Waals surface area (Å²) in [6.45, 7) is 1.45. The van der Waals surface area contributed by atoms with Gasteiger partial charge in [0.2, 0.25) is 15.9 Å². The molecule has 27 heavy (non-hydrogen) atoms. The summed E-state index contributed by atoms with van der Waals surface area (Å²) in [5, 5.41) is 2.64. The van der Waals surface area contributed by atoms with Crippen LogP contribution in [0.25, 0.3) is 0 Å². The first kappa shape index (κ1) is 20.5. The lowest BCUT2D eigenvalue weighted by molar-refractivity contribution is -0.117. The highest BCUT2D eigenvalue weighted by Crippen LogP contribution is 2.29. The van der Waals surface area contributed by atoms with Gasteiger partial charge in [-0.2, -0.15) is 4.72 Å². The molecular weight excluding hydrogens is 372 g/mol. The maximum atomic E-state index is 12.4. The minimum Gasteiger partial charge on any atom is -0.497 e. The summed E-state index contributed by atoms with van der Waals surface area (Å²) in [7, 11) is 0.597. The molecule has 0 aromatic heterocycles. The maximum Gasteiger partial charge on any atom is 0.242 e. The largest absolute Gasteiger partial charge is 0.497 e. The van der Waals surface area contributed by atoms with E-state index in [1.165, 1.54) is 52.5 Å². The first-order valence-electron chi connectivity index (χ1n) is 8.00. The minimum absolute atomic E-state index is 0.0324. The summed E-state index contributed by atoms with van der Waals surface area (Å²) in [6, 6.07) is 9.73. The summed E-state index contributed by atoms with van der Waals surface area (Å²) in [5.41, 5.74) is 0.402. The van der Waals surface area contributed by atoms with E-state index in [0.29, 0.717) is 22.9 Å². The normalized spacial score (nSPS) is 12.1. The van der Waals surface area contributed by atoms with Gasteiger partial charge in [0.05, 0.1) is 38.0 Å². The van der Waals surface area contributed by atoms with E-state index in [-0.39, 0.29) is 4.90 Å². The van der Waals surface area contributed by atoms with Crippen LogP contribution in [0.3, 0.4) is 0 Å². The molecule has 146 valence electrons. The first-order valence-corrected chi connectivity index (χ1v) is 9.48. The van der Waals surface area contributed by atoms with Crippen molar-refractivity contribution in [3.8, 4) is 17.2 Å². The fourth-order valence-electron chi connectivity index (χ4n) is 2.25. The molecule has 2 aromatic rings. The number of methoxy groups -OCH3 is 3. The van der Waals surface area contributed by atoms with Crippen molar-refractivity contribution in [1.82, 2.24) is 4.72 Å². The predicted molar refractivity (Wildman–Crippen MR) is 101 cm³/mol. The molecule has 0 fully saturated rings. The highest BCUT2D eigenvalue weighted by Gasteiger charge is 2.23. The average molecular weight is 394 g/mol. The van der Waals surface area contributed by atoms with Crippen molar-refractivity contribution in [2.45, 2.75) is 17.9 Å². The van der Waals surface area contributed by atoms with E-state index in [1.807, 2.05) is 0 Å². The monoisotopic (exact) mass is 394 g/mol. The van der Waals surface area contributed by atoms with Gasteiger partial charge in [-0.25, -0.2) is 8.42 Å². The van der Waals surface area contributed by atoms with Crippen LogP contribution in [0.1, 0.15) is 6.92 Å². The molecule has 2 aromatic carbocycles. The van der Waals surface area contributed by atoms with Crippen LogP contribution in [0, 0.1) is 0 Å². The Bertz CT molecular complexity index is 897. The van der Waals surface area contributed by atoms with E-state index >= 15 is 0 Å². The molecule has 1 amide bonds. The minimum atomic E-state index is -3.87. The molecule has 0 aliphatic carbocycles. The van der Waals surface area contributed by atoms with Gasteiger partial charge in [-0.1, -0.05) is 0 Å². The number of amides is 1. The van der Waals surface area contributed by atoms with Crippen molar-refractivity contribution in [1.29, 1.82) is 0 Å². The number of carbonyl (C=O) groups excluding carboxylic acids is 1. The number of carbonyl (C=O) groups is 1. The van der Waals surface area contributed by atoms with Crippen LogP contribution in [0.4, 0.5) is 5.69 Å². The smallest absolute Gasteiger partial charge is 0.242 e. The van der Waals surface area contributed by atoms with E-state index in [0.717, 1.165) is 0 Å². The number of anilines is 1. The van der Waals surface area contributed by atoms with E-state index in [9.17, 15) is 13.2 Å². The second kappa shape index (κ2) is 8.74. The highest BCUT2D eigenvalue weighted by molar-refractivity contribution is 7.89. The second-order valence-electron chi connectivity index (χ2n) is 5.57. The van der Waals surface area contributed by atoms with Gasteiger partial charge < -0.3 is 19.5 Å². The number of ether oxygens (including phenoxy) is 3. The second-order valence-corrected chi connectivity index (χ2v) is 7.29. The van der Waals surface area contributed by atoms with E-state index in [4.69, 9.17) is 14.2 Å². The standard InChI is InChI=1S/C18H22N2O6S/c1-12(20-27(22,23)15-8-5-13(24-2)6-9-15)18(21)19-16-10-7-14(25-3)11-17(16)26-4/h5-12,20H,1-4H3,(H,19,21). The predicted octanol–water partition coefficient (Wildman–Crippen LogP) is 2.02. The zero-order valence-electron chi connectivity index (χ0n) is 15.5. The van der Waals surface area contributed by atoms with Crippen LogP contribution in [0.15, 0.2) is 47.4 Å². The maximum absolute atomic E-state index is 12.4. The van der Waals surface area contributed by atoms with Crippen LogP contribution in [0.5, 0.6) is 17.2 Å². The molecule has 0 bridgehead atoms. The molecular formula is C18H22N2O6S. The van der Waals surface area contributed by atoms with Gasteiger partial charge in [-0.15, -0.1) is 0 Å². The molecule has 0 heterocycles. The van der Waals surface area contributed by atoms with Crippen molar-refractivity contribution >= 4 is 21.6 Å². The Morgan fingerprint density at radius 3 is 2.07 bits per heavy atom. The quantitative estimate of drug-likeness (QED) is 0.710. The number of nitrogens with one attached hydrogen (secondary N) is 2. The van der Waals surface area contributed by atoms with Gasteiger partial charge in [0.1, 0.15) is 17.2 Å². The number of rotatable bonds is 8. The van der Waals surface area contributed by atoms with Gasteiger partial charge in [0, 0.05) is 6.07 Å². The Labute approximate surface area is 158 Å². The van der Waals surface area contributed by atoms with Crippen molar-refractivity contribution in [3.63, 3.8) is 0 Å². The van der Waals surface area contributed by atoms with Gasteiger partial charge in [-0.05, 0) is 43.3 Å². The SMILES string of the molecule is COc1ccc(S(=O)(=O)NC(C)C(=O)Nc2ccc(OC)cc2OC)cc1. The van der Waals surface area contributed by atoms with E-state index in [1.54, 1.807) is 18.2 Å². The van der Waals surface area contributed by atoms with E-state index in [2.05, 4.69) is 10.0 Å². The molecule has 0 radical (unpaired) electrons. The van der Waals surface area contributed by atoms with Crippen LogP contribution < -0.4 is 24.2 Å². The number of benzene rings is 2. The van der Waals surface area contributed by atoms with Crippen molar-refractivity contribution in [2.75, 3.05) is 26.6 Å². The summed E-state index contributed by atoms with van der Waals surface area (Å²) in [6.07, 6.45) is 0. The molecule has 2 N–H and O–H groups in total. The highest BCUT2D eigenvalue weighted by atomic mass is 32.2. The van der Waals surface area contributed by atoms with Gasteiger partial charge in [0.15, 0.2) is 0 Å². The van der Waals surface area contributed by atoms with E-state index < -0.39 is 22.0 Å². The third-order valence-corrected chi connectivity index (χ3v) is 5.32. The fourth-order valence-corrected chi connectivity index (χ4v) is 3.45. The van der Waals surface area contributed by atoms with Crippen molar-refractivity contribution in [2.24, 2.45) is 0 Å². The van der Waals surface area contributed by atoms with Crippen LogP contribution in [0.2, 0.25) is 0 Å². The topological polar surface area (TPSA) is 103 Å². The fraction of sp³-hybridized carbons (Fsp3) is 0.278. The Balaban J connectivity index is 2.10. The Hall–Kier alpha value is -2.78. The molecule has 0 saturated heterocycles. The Morgan fingerprint density at radius 1 is 0.926 bits per heavy atom. The molecule has 1 atom stereocenters. The summed E-state index contributed by atoms with van der Waals surface area (Å²) in [5.74, 6) is 0.966. The molecule has 1 unspecified atom stereocenters. The first-order chi connectivity index (χ1) is 12.8. The molecule has 0 saturated carbocycles. The number of hydrogen-bond acceptors (Lipinski definition) is 6. The zero-order valence-corrected chi connectivity index (χ0v) is 16.3. The molecule has 0 aliphatic heterocycles. The Kier molecular flexibility index (Phi) is 6.65.